The number of hydrogen-bond donors (Lipinski definition) is 1. The van der Waals surface area contributed by atoms with E-state index in [1.54, 1.807) is 54.6 Å². The molecule has 0 fully saturated rings. The molecule has 0 aliphatic rings. The van der Waals surface area contributed by atoms with Gasteiger partial charge < -0.3 is 14.8 Å². The maximum absolute atomic E-state index is 12.3. The van der Waals surface area contributed by atoms with Crippen LogP contribution in [-0.2, 0) is 9.53 Å². The lowest BCUT2D eigenvalue weighted by molar-refractivity contribution is -0.119. The van der Waals surface area contributed by atoms with Crippen LogP contribution in [-0.4, -0.2) is 24.3 Å². The van der Waals surface area contributed by atoms with E-state index < -0.39 is 18.5 Å². The normalized spacial score (nSPS) is 10.1. The van der Waals surface area contributed by atoms with Crippen LogP contribution in [0.4, 0.5) is 5.69 Å². The highest BCUT2D eigenvalue weighted by molar-refractivity contribution is 6.04. The molecule has 1 amide bonds. The summed E-state index contributed by atoms with van der Waals surface area (Å²) in [6.45, 7) is 0.935. The third-order valence-electron chi connectivity index (χ3n) is 3.96. The third-order valence-corrected chi connectivity index (χ3v) is 3.96. The zero-order valence-electron chi connectivity index (χ0n) is 15.8. The first-order chi connectivity index (χ1) is 14.0. The zero-order valence-corrected chi connectivity index (χ0v) is 15.8. The number of benzene rings is 3. The van der Waals surface area contributed by atoms with Gasteiger partial charge in [0.1, 0.15) is 11.5 Å². The molecule has 0 aliphatic heterocycles. The average Bonchev–Trinajstić information content (AvgIpc) is 2.73. The molecule has 6 nitrogen and oxygen atoms in total. The number of carbonyl (C=O) groups excluding carboxylic acids is 3. The number of nitrogens with one attached hydrogen (secondary N) is 1. The van der Waals surface area contributed by atoms with Gasteiger partial charge in [-0.2, -0.15) is 0 Å². The van der Waals surface area contributed by atoms with Crippen molar-refractivity contribution >= 4 is 23.3 Å². The van der Waals surface area contributed by atoms with Gasteiger partial charge in [0.15, 0.2) is 12.4 Å². The molecule has 1 N–H and O–H groups in total. The first-order valence-corrected chi connectivity index (χ1v) is 8.93. The number of amides is 1. The molecule has 0 atom stereocenters. The van der Waals surface area contributed by atoms with Crippen LogP contribution < -0.4 is 10.1 Å². The number of anilines is 1. The molecule has 0 heterocycles. The van der Waals surface area contributed by atoms with Crippen molar-refractivity contribution in [2.24, 2.45) is 0 Å². The van der Waals surface area contributed by atoms with Gasteiger partial charge in [0.05, 0.1) is 11.3 Å². The van der Waals surface area contributed by atoms with E-state index >= 15 is 0 Å². The highest BCUT2D eigenvalue weighted by Gasteiger charge is 2.13. The Bertz CT molecular complexity index is 1030. The number of para-hydroxylation sites is 2. The van der Waals surface area contributed by atoms with E-state index in [1.165, 1.54) is 13.0 Å². The molecule has 0 aliphatic carbocycles. The zero-order chi connectivity index (χ0) is 20.6. The van der Waals surface area contributed by atoms with Crippen LogP contribution in [0.5, 0.6) is 11.5 Å². The van der Waals surface area contributed by atoms with E-state index in [4.69, 9.17) is 9.47 Å². The minimum Gasteiger partial charge on any atom is -0.457 e. The maximum atomic E-state index is 12.3. The van der Waals surface area contributed by atoms with E-state index in [9.17, 15) is 14.4 Å². The molecule has 146 valence electrons. The molecule has 0 spiro atoms. The fourth-order valence-corrected chi connectivity index (χ4v) is 2.61. The number of esters is 1. The minimum atomic E-state index is -0.654. The summed E-state index contributed by atoms with van der Waals surface area (Å²) in [5, 5.41) is 2.58. The Kier molecular flexibility index (Phi) is 6.37. The van der Waals surface area contributed by atoms with Gasteiger partial charge in [-0.1, -0.05) is 36.4 Å². The largest absolute Gasteiger partial charge is 0.457 e. The molecule has 6 heteroatoms. The highest BCUT2D eigenvalue weighted by atomic mass is 16.5. The lowest BCUT2D eigenvalue weighted by Crippen LogP contribution is -2.22. The second-order valence-electron chi connectivity index (χ2n) is 6.17. The molecule has 0 radical (unpaired) electrons. The molecule has 0 aromatic heterocycles. The number of carbonyl (C=O) groups is 3. The van der Waals surface area contributed by atoms with Crippen molar-refractivity contribution in [3.8, 4) is 11.5 Å². The lowest BCUT2D eigenvalue weighted by Gasteiger charge is -2.10. The molecule has 0 saturated carbocycles. The summed E-state index contributed by atoms with van der Waals surface area (Å²) in [6, 6.07) is 22.3. The Hall–Kier alpha value is -3.93. The van der Waals surface area contributed by atoms with E-state index in [0.717, 1.165) is 0 Å². The van der Waals surface area contributed by atoms with E-state index in [1.807, 2.05) is 18.2 Å². The fraction of sp³-hybridized carbons (Fsp3) is 0.0870. The van der Waals surface area contributed by atoms with Crippen LogP contribution in [0.2, 0.25) is 0 Å². The van der Waals surface area contributed by atoms with Gasteiger partial charge >= 0.3 is 5.97 Å². The van der Waals surface area contributed by atoms with Crippen molar-refractivity contribution in [2.75, 3.05) is 11.9 Å². The van der Waals surface area contributed by atoms with Crippen molar-refractivity contribution in [1.29, 1.82) is 0 Å². The van der Waals surface area contributed by atoms with Gasteiger partial charge in [0.25, 0.3) is 5.91 Å². The van der Waals surface area contributed by atoms with Gasteiger partial charge in [-0.05, 0) is 49.4 Å². The predicted octanol–water partition coefficient (Wildman–Crippen LogP) is 4.48. The smallest absolute Gasteiger partial charge is 0.338 e. The van der Waals surface area contributed by atoms with Crippen LogP contribution in [0, 0.1) is 0 Å². The Morgan fingerprint density at radius 3 is 2.28 bits per heavy atom. The Balaban J connectivity index is 1.59. The molecule has 3 aromatic carbocycles. The quantitative estimate of drug-likeness (QED) is 0.476. The molecule has 0 bridgehead atoms. The summed E-state index contributed by atoms with van der Waals surface area (Å²) in [5.41, 5.74) is 1.02. The molecule has 0 unspecified atom stereocenters. The van der Waals surface area contributed by atoms with Crippen molar-refractivity contribution in [3.63, 3.8) is 0 Å². The number of ether oxygens (including phenoxy) is 2. The van der Waals surface area contributed by atoms with E-state index in [0.29, 0.717) is 22.7 Å². The summed E-state index contributed by atoms with van der Waals surface area (Å²) in [7, 11) is 0. The van der Waals surface area contributed by atoms with Crippen molar-refractivity contribution in [3.05, 3.63) is 90.0 Å². The summed E-state index contributed by atoms with van der Waals surface area (Å²) >= 11 is 0. The summed E-state index contributed by atoms with van der Waals surface area (Å²) in [6.07, 6.45) is 0. The second-order valence-corrected chi connectivity index (χ2v) is 6.17. The molecule has 0 saturated heterocycles. The van der Waals surface area contributed by atoms with Crippen LogP contribution in [0.15, 0.2) is 78.9 Å². The molecule has 3 aromatic rings. The minimum absolute atomic E-state index is 0.173. The monoisotopic (exact) mass is 389 g/mol. The maximum Gasteiger partial charge on any atom is 0.338 e. The summed E-state index contributed by atoms with van der Waals surface area (Å²) in [5.74, 6) is -0.248. The van der Waals surface area contributed by atoms with Gasteiger partial charge in [-0.25, -0.2) is 4.79 Å². The van der Waals surface area contributed by atoms with Crippen LogP contribution >= 0.6 is 0 Å². The molecule has 29 heavy (non-hydrogen) atoms. The van der Waals surface area contributed by atoms with Gasteiger partial charge in [-0.15, -0.1) is 0 Å². The van der Waals surface area contributed by atoms with Crippen molar-refractivity contribution < 1.29 is 23.9 Å². The summed E-state index contributed by atoms with van der Waals surface area (Å²) < 4.78 is 10.8. The van der Waals surface area contributed by atoms with Crippen LogP contribution in [0.1, 0.15) is 27.6 Å². The van der Waals surface area contributed by atoms with Gasteiger partial charge in [0.2, 0.25) is 0 Å². The third kappa shape index (κ3) is 5.52. The molecular weight excluding hydrogens is 370 g/mol. The first-order valence-electron chi connectivity index (χ1n) is 8.93. The molecule has 3 rings (SSSR count). The van der Waals surface area contributed by atoms with Crippen molar-refractivity contribution in [2.45, 2.75) is 6.92 Å². The number of rotatable bonds is 7. The number of hydrogen-bond acceptors (Lipinski definition) is 5. The number of Topliss-reactive ketones (excluding diaryl/α,β-unsaturated/α-hetero) is 1. The summed E-state index contributed by atoms with van der Waals surface area (Å²) in [4.78, 5) is 36.0. The first kappa shape index (κ1) is 19.8. The Labute approximate surface area is 168 Å². The Morgan fingerprint density at radius 2 is 1.52 bits per heavy atom. The average molecular weight is 389 g/mol. The van der Waals surface area contributed by atoms with Crippen LogP contribution in [0.3, 0.4) is 0 Å². The topological polar surface area (TPSA) is 81.7 Å². The standard InChI is InChI=1S/C23H19NO5/c1-16(25)20-12-5-6-13-21(20)24-22(26)15-28-23(27)17-8-7-11-19(14-17)29-18-9-3-2-4-10-18/h2-14H,15H2,1H3,(H,24,26). The van der Waals surface area contributed by atoms with Crippen LogP contribution in [0.25, 0.3) is 0 Å². The Morgan fingerprint density at radius 1 is 0.828 bits per heavy atom. The van der Waals surface area contributed by atoms with Gasteiger partial charge in [-0.3, -0.25) is 9.59 Å². The van der Waals surface area contributed by atoms with Crippen molar-refractivity contribution in [1.82, 2.24) is 0 Å². The van der Waals surface area contributed by atoms with E-state index in [2.05, 4.69) is 5.32 Å². The molecular formula is C23H19NO5. The van der Waals surface area contributed by atoms with E-state index in [-0.39, 0.29) is 11.3 Å². The second kappa shape index (κ2) is 9.32. The SMILES string of the molecule is CC(=O)c1ccccc1NC(=O)COC(=O)c1cccc(Oc2ccccc2)c1. The highest BCUT2D eigenvalue weighted by Crippen LogP contribution is 2.22. The lowest BCUT2D eigenvalue weighted by atomic mass is 10.1. The predicted molar refractivity (Wildman–Crippen MR) is 108 cm³/mol. The number of ketones is 1. The fourth-order valence-electron chi connectivity index (χ4n) is 2.61. The van der Waals surface area contributed by atoms with Gasteiger partial charge in [0, 0.05) is 5.56 Å².